The zero-order valence-corrected chi connectivity index (χ0v) is 21.4. The highest BCUT2D eigenvalue weighted by Crippen LogP contribution is 2.30. The first-order chi connectivity index (χ1) is 18.1. The van der Waals surface area contributed by atoms with Crippen LogP contribution in [0, 0.1) is 0 Å². The van der Waals surface area contributed by atoms with E-state index in [9.17, 15) is 15.2 Å². The molecule has 0 atom stereocenters. The minimum Gasteiger partial charge on any atom is -0.353 e. The quantitative estimate of drug-likeness (QED) is 0.161. The monoisotopic (exact) mass is 536 g/mol. The van der Waals surface area contributed by atoms with Gasteiger partial charge in [-0.15, -0.1) is 22.7 Å². The molecular formula is C26H29ClN8O3. The summed E-state index contributed by atoms with van der Waals surface area (Å²) in [5, 5.41) is 35.2. The van der Waals surface area contributed by atoms with Gasteiger partial charge in [0, 0.05) is 13.1 Å². The number of fused-ring (bicyclic) bond motifs is 3. The summed E-state index contributed by atoms with van der Waals surface area (Å²) in [5.74, 6) is -0.0178. The van der Waals surface area contributed by atoms with Gasteiger partial charge in [-0.1, -0.05) is 30.3 Å². The van der Waals surface area contributed by atoms with E-state index in [-0.39, 0.29) is 24.3 Å². The Kier molecular flexibility index (Phi) is 8.87. The van der Waals surface area contributed by atoms with Crippen molar-refractivity contribution >= 4 is 57.7 Å². The Morgan fingerprint density at radius 3 is 2.21 bits per heavy atom. The number of aromatic nitrogens is 2. The van der Waals surface area contributed by atoms with Crippen LogP contribution in [0.4, 0.5) is 11.4 Å². The maximum atomic E-state index is 12.8. The molecule has 38 heavy (non-hydrogen) atoms. The molecule has 0 spiro atoms. The second kappa shape index (κ2) is 12.5. The van der Waals surface area contributed by atoms with Crippen LogP contribution in [0.1, 0.15) is 23.2 Å². The summed E-state index contributed by atoms with van der Waals surface area (Å²) in [5.41, 5.74) is 4.20. The molecule has 2 heterocycles. The van der Waals surface area contributed by atoms with Crippen molar-refractivity contribution in [3.05, 3.63) is 72.3 Å². The van der Waals surface area contributed by atoms with Crippen LogP contribution in [-0.4, -0.2) is 58.4 Å². The van der Waals surface area contributed by atoms with Crippen LogP contribution < -0.4 is 26.2 Å². The van der Waals surface area contributed by atoms with Gasteiger partial charge < -0.3 is 16.0 Å². The molecule has 1 amide bonds. The lowest BCUT2D eigenvalue weighted by Gasteiger charge is -2.29. The number of anilines is 2. The fourth-order valence-electron chi connectivity index (χ4n) is 4.10. The lowest BCUT2D eigenvalue weighted by atomic mass is 10.1. The molecule has 0 aliphatic carbocycles. The zero-order valence-electron chi connectivity index (χ0n) is 20.5. The third kappa shape index (κ3) is 5.92. The number of benzene rings is 3. The van der Waals surface area contributed by atoms with Gasteiger partial charge in [-0.2, -0.15) is 5.06 Å². The minimum absolute atomic E-state index is 0. The molecule has 198 valence electrons. The number of hydroxylamine groups is 1. The summed E-state index contributed by atoms with van der Waals surface area (Å²) >= 11 is 0. The minimum atomic E-state index is -0.166. The molecule has 0 unspecified atom stereocenters. The number of carbonyl (C=O) groups is 1. The third-order valence-corrected chi connectivity index (χ3v) is 5.96. The van der Waals surface area contributed by atoms with Crippen molar-refractivity contribution in [2.45, 2.75) is 12.8 Å². The van der Waals surface area contributed by atoms with E-state index in [0.29, 0.717) is 41.1 Å². The number of para-hydroxylation sites is 5. The maximum absolute atomic E-state index is 12.8. The number of carbonyl (C=O) groups excluding carboxylic acids is 1. The summed E-state index contributed by atoms with van der Waals surface area (Å²) in [6.45, 7) is 2.56. The number of nitrogens with zero attached hydrogens (tertiary/aromatic N) is 5. The first-order valence-electron chi connectivity index (χ1n) is 12.2. The summed E-state index contributed by atoms with van der Waals surface area (Å²) in [4.78, 5) is 22.1. The van der Waals surface area contributed by atoms with Crippen LogP contribution in [0.5, 0.6) is 0 Å². The SMILES string of the molecule is Cl.O=C(NCCCNCCCNC1=NN(O)c2ccccc2N1O)c1cccc2nc3ccccc3nc12. The standard InChI is InChI=1S/C26H28N8O3.ClH/c35-25(18-8-5-11-21-24(18)31-20-10-2-1-9-19(20)30-21)28-16-6-14-27-15-7-17-29-26-32-34(37)23-13-4-3-12-22(23)33(26)36;/h1-5,8-13,27,36-37H,6-7,14-17H2,(H,28,35)(H,29,32);1H. The fraction of sp³-hybridized carbons (Fsp3) is 0.231. The molecule has 1 aromatic heterocycles. The van der Waals surface area contributed by atoms with Gasteiger partial charge in [0.05, 0.1) is 22.1 Å². The van der Waals surface area contributed by atoms with E-state index in [1.807, 2.05) is 36.4 Å². The van der Waals surface area contributed by atoms with Crippen LogP contribution >= 0.6 is 12.4 Å². The molecule has 4 aromatic rings. The Bertz CT molecular complexity index is 1450. The molecule has 1 aliphatic rings. The van der Waals surface area contributed by atoms with E-state index in [4.69, 9.17) is 0 Å². The third-order valence-electron chi connectivity index (χ3n) is 5.96. The van der Waals surface area contributed by atoms with E-state index in [2.05, 4.69) is 31.0 Å². The van der Waals surface area contributed by atoms with Gasteiger partial charge in [-0.05, 0) is 62.3 Å². The molecule has 11 nitrogen and oxygen atoms in total. The molecule has 0 bridgehead atoms. The predicted octanol–water partition coefficient (Wildman–Crippen LogP) is 3.27. The summed E-state index contributed by atoms with van der Waals surface area (Å²) in [6, 6.07) is 19.9. The Morgan fingerprint density at radius 1 is 0.763 bits per heavy atom. The number of hydrazone groups is 1. The Morgan fingerprint density at radius 2 is 1.42 bits per heavy atom. The van der Waals surface area contributed by atoms with E-state index >= 15 is 0 Å². The van der Waals surface area contributed by atoms with Gasteiger partial charge in [-0.3, -0.25) is 15.2 Å². The lowest BCUT2D eigenvalue weighted by Crippen LogP contribution is -2.45. The molecule has 0 radical (unpaired) electrons. The largest absolute Gasteiger partial charge is 0.353 e. The number of halogens is 1. The Balaban J connectivity index is 0.00000336. The Labute approximate surface area is 225 Å². The van der Waals surface area contributed by atoms with Crippen molar-refractivity contribution in [2.75, 3.05) is 36.4 Å². The van der Waals surface area contributed by atoms with Gasteiger partial charge in [0.15, 0.2) is 0 Å². The molecule has 0 saturated carbocycles. The predicted molar refractivity (Wildman–Crippen MR) is 149 cm³/mol. The van der Waals surface area contributed by atoms with Gasteiger partial charge in [0.25, 0.3) is 5.91 Å². The van der Waals surface area contributed by atoms with Crippen molar-refractivity contribution < 1.29 is 15.2 Å². The lowest BCUT2D eigenvalue weighted by molar-refractivity contribution is 0.0954. The molecule has 5 rings (SSSR count). The van der Waals surface area contributed by atoms with Crippen LogP contribution in [0.3, 0.4) is 0 Å². The zero-order chi connectivity index (χ0) is 25.6. The normalized spacial score (nSPS) is 12.6. The van der Waals surface area contributed by atoms with E-state index < -0.39 is 0 Å². The topological polar surface area (TPSA) is 138 Å². The highest BCUT2D eigenvalue weighted by atomic mass is 35.5. The molecular weight excluding hydrogens is 508 g/mol. The number of hydrogen-bond donors (Lipinski definition) is 5. The number of rotatable bonds is 9. The second-order valence-corrected chi connectivity index (χ2v) is 8.54. The number of hydrogen-bond acceptors (Lipinski definition) is 10. The summed E-state index contributed by atoms with van der Waals surface area (Å²) in [7, 11) is 0. The highest BCUT2D eigenvalue weighted by Gasteiger charge is 2.23. The maximum Gasteiger partial charge on any atom is 0.253 e. The Hall–Kier alpha value is -4.03. The first kappa shape index (κ1) is 27.0. The van der Waals surface area contributed by atoms with Gasteiger partial charge in [-0.25, -0.2) is 9.97 Å². The molecule has 1 aliphatic heterocycles. The molecule has 0 saturated heterocycles. The fourth-order valence-corrected chi connectivity index (χ4v) is 4.10. The van der Waals surface area contributed by atoms with Crippen molar-refractivity contribution in [1.82, 2.24) is 25.9 Å². The summed E-state index contributed by atoms with van der Waals surface area (Å²) in [6.07, 6.45) is 1.54. The molecule has 5 N–H and O–H groups in total. The van der Waals surface area contributed by atoms with Crippen LogP contribution in [0.15, 0.2) is 71.8 Å². The van der Waals surface area contributed by atoms with Gasteiger partial charge >= 0.3 is 0 Å². The van der Waals surface area contributed by atoms with Crippen LogP contribution in [-0.2, 0) is 0 Å². The van der Waals surface area contributed by atoms with Crippen LogP contribution in [0.25, 0.3) is 22.1 Å². The number of nitrogens with one attached hydrogen (secondary N) is 3. The average molecular weight is 537 g/mol. The van der Waals surface area contributed by atoms with Crippen molar-refractivity contribution in [3.63, 3.8) is 0 Å². The number of amides is 1. The van der Waals surface area contributed by atoms with Gasteiger partial charge in [0.2, 0.25) is 5.96 Å². The highest BCUT2D eigenvalue weighted by molar-refractivity contribution is 6.06. The first-order valence-corrected chi connectivity index (χ1v) is 12.2. The molecule has 3 aromatic carbocycles. The van der Waals surface area contributed by atoms with Crippen molar-refractivity contribution in [3.8, 4) is 0 Å². The van der Waals surface area contributed by atoms with Crippen molar-refractivity contribution in [1.29, 1.82) is 0 Å². The van der Waals surface area contributed by atoms with Gasteiger partial charge in [0.1, 0.15) is 16.9 Å². The van der Waals surface area contributed by atoms with E-state index in [0.717, 1.165) is 47.2 Å². The molecule has 12 heteroatoms. The molecule has 0 fully saturated rings. The van der Waals surface area contributed by atoms with E-state index in [1.54, 1.807) is 30.3 Å². The van der Waals surface area contributed by atoms with Crippen LogP contribution in [0.2, 0.25) is 0 Å². The van der Waals surface area contributed by atoms with Crippen molar-refractivity contribution in [2.24, 2.45) is 5.10 Å². The average Bonchev–Trinajstić information content (AvgIpc) is 2.93. The second-order valence-electron chi connectivity index (χ2n) is 8.54. The smallest absolute Gasteiger partial charge is 0.253 e. The number of guanidine groups is 1. The van der Waals surface area contributed by atoms with E-state index in [1.165, 1.54) is 0 Å². The summed E-state index contributed by atoms with van der Waals surface area (Å²) < 4.78 is 0.